The molecule has 6 nitrogen and oxygen atoms in total. The molecule has 0 bridgehead atoms. The van der Waals surface area contributed by atoms with Crippen LogP contribution in [0.1, 0.15) is 17.4 Å². The van der Waals surface area contributed by atoms with E-state index in [2.05, 4.69) is 10.3 Å². The molecular formula is C19H15ClN2O4S. The first-order valence-corrected chi connectivity index (χ1v) is 9.28. The number of carbonyl (C=O) groups excluding carboxylic acids is 2. The van der Waals surface area contributed by atoms with Gasteiger partial charge in [0.25, 0.3) is 0 Å². The van der Waals surface area contributed by atoms with Crippen molar-refractivity contribution in [2.75, 3.05) is 11.9 Å². The molecule has 3 aromatic rings. The Kier molecular flexibility index (Phi) is 6.05. The van der Waals surface area contributed by atoms with E-state index in [0.29, 0.717) is 15.7 Å². The Balaban J connectivity index is 1.70. The molecule has 0 aliphatic heterocycles. The molecule has 1 heterocycles. The van der Waals surface area contributed by atoms with Gasteiger partial charge in [-0.3, -0.25) is 5.32 Å². The third-order valence-corrected chi connectivity index (χ3v) is 4.48. The van der Waals surface area contributed by atoms with Gasteiger partial charge in [0.1, 0.15) is 10.8 Å². The van der Waals surface area contributed by atoms with E-state index >= 15 is 0 Å². The van der Waals surface area contributed by atoms with Gasteiger partial charge in [0.05, 0.1) is 6.61 Å². The lowest BCUT2D eigenvalue weighted by Crippen LogP contribution is -2.13. The smallest absolute Gasteiger partial charge is 0.411 e. The van der Waals surface area contributed by atoms with Gasteiger partial charge >= 0.3 is 12.1 Å². The van der Waals surface area contributed by atoms with E-state index in [1.54, 1.807) is 42.6 Å². The number of thiazole rings is 1. The van der Waals surface area contributed by atoms with Crippen molar-refractivity contribution >= 4 is 40.7 Å². The average Bonchev–Trinajstić information content (AvgIpc) is 3.12. The molecule has 1 aromatic heterocycles. The predicted octanol–water partition coefficient (Wildman–Crippen LogP) is 5.25. The highest BCUT2D eigenvalue weighted by Crippen LogP contribution is 2.27. The molecule has 0 saturated carbocycles. The summed E-state index contributed by atoms with van der Waals surface area (Å²) in [5, 5.41) is 5.44. The van der Waals surface area contributed by atoms with Gasteiger partial charge in [-0.25, -0.2) is 14.6 Å². The van der Waals surface area contributed by atoms with E-state index in [9.17, 15) is 9.59 Å². The molecule has 0 spiro atoms. The second-order valence-electron chi connectivity index (χ2n) is 5.31. The standard InChI is InChI=1S/C19H15ClN2O4S/c1-2-25-19(24)21-14-7-4-8-15(10-14)26-18(23)16-11-27-17(22-16)12-5-3-6-13(20)9-12/h3-11H,2H2,1H3,(H,21,24). The Morgan fingerprint density at radius 3 is 2.78 bits per heavy atom. The van der Waals surface area contributed by atoms with Crippen LogP contribution in [-0.2, 0) is 4.74 Å². The topological polar surface area (TPSA) is 77.5 Å². The zero-order chi connectivity index (χ0) is 19.2. The van der Waals surface area contributed by atoms with Gasteiger partial charge in [0.15, 0.2) is 5.69 Å². The van der Waals surface area contributed by atoms with Crippen LogP contribution < -0.4 is 10.1 Å². The third kappa shape index (κ3) is 5.06. The van der Waals surface area contributed by atoms with Crippen molar-refractivity contribution in [2.45, 2.75) is 6.92 Å². The summed E-state index contributed by atoms with van der Waals surface area (Å²) in [5.74, 6) is -0.306. The Hall–Kier alpha value is -2.90. The molecule has 0 radical (unpaired) electrons. The minimum Gasteiger partial charge on any atom is -0.450 e. The van der Waals surface area contributed by atoms with E-state index in [0.717, 1.165) is 5.56 Å². The number of esters is 1. The molecule has 0 aliphatic carbocycles. The summed E-state index contributed by atoms with van der Waals surface area (Å²) in [6.07, 6.45) is -0.577. The second kappa shape index (κ2) is 8.66. The fourth-order valence-electron chi connectivity index (χ4n) is 2.20. The summed E-state index contributed by atoms with van der Waals surface area (Å²) >= 11 is 7.31. The molecule has 2 aromatic carbocycles. The van der Waals surface area contributed by atoms with Crippen molar-refractivity contribution in [3.8, 4) is 16.3 Å². The number of anilines is 1. The van der Waals surface area contributed by atoms with Crippen LogP contribution in [0.3, 0.4) is 0 Å². The Labute approximate surface area is 164 Å². The van der Waals surface area contributed by atoms with Crippen LogP contribution in [0, 0.1) is 0 Å². The summed E-state index contributed by atoms with van der Waals surface area (Å²) < 4.78 is 10.2. The van der Waals surface area contributed by atoms with Crippen molar-refractivity contribution in [1.29, 1.82) is 0 Å². The highest BCUT2D eigenvalue weighted by atomic mass is 35.5. The normalized spacial score (nSPS) is 10.3. The molecular weight excluding hydrogens is 388 g/mol. The van der Waals surface area contributed by atoms with Crippen LogP contribution in [0.15, 0.2) is 53.9 Å². The van der Waals surface area contributed by atoms with Crippen molar-refractivity contribution in [3.63, 3.8) is 0 Å². The van der Waals surface area contributed by atoms with Crippen LogP contribution in [0.2, 0.25) is 5.02 Å². The first kappa shape index (κ1) is 18.9. The minimum atomic E-state index is -0.590. The second-order valence-corrected chi connectivity index (χ2v) is 6.61. The number of nitrogens with zero attached hydrogens (tertiary/aromatic N) is 1. The lowest BCUT2D eigenvalue weighted by atomic mass is 10.2. The number of halogens is 1. The summed E-state index contributed by atoms with van der Waals surface area (Å²) in [6, 6.07) is 13.7. The predicted molar refractivity (Wildman–Crippen MR) is 105 cm³/mol. The molecule has 0 saturated heterocycles. The van der Waals surface area contributed by atoms with Crippen LogP contribution in [0.5, 0.6) is 5.75 Å². The van der Waals surface area contributed by atoms with Crippen LogP contribution >= 0.6 is 22.9 Å². The fourth-order valence-corrected chi connectivity index (χ4v) is 3.18. The van der Waals surface area contributed by atoms with Crippen molar-refractivity contribution < 1.29 is 19.1 Å². The summed E-state index contributed by atoms with van der Waals surface area (Å²) in [6.45, 7) is 1.97. The molecule has 0 unspecified atom stereocenters. The lowest BCUT2D eigenvalue weighted by molar-refractivity contribution is 0.0729. The van der Waals surface area contributed by atoms with Crippen LogP contribution in [0.25, 0.3) is 10.6 Å². The number of aromatic nitrogens is 1. The quantitative estimate of drug-likeness (QED) is 0.465. The third-order valence-electron chi connectivity index (χ3n) is 3.35. The minimum absolute atomic E-state index is 0.193. The number of amides is 1. The molecule has 0 fully saturated rings. The number of nitrogens with one attached hydrogen (secondary N) is 1. The zero-order valence-corrected chi connectivity index (χ0v) is 15.8. The summed E-state index contributed by atoms with van der Waals surface area (Å²) in [7, 11) is 0. The van der Waals surface area contributed by atoms with Crippen LogP contribution in [-0.4, -0.2) is 23.7 Å². The number of hydrogen-bond donors (Lipinski definition) is 1. The van der Waals surface area contributed by atoms with Gasteiger partial charge in [-0.1, -0.05) is 29.8 Å². The first-order chi connectivity index (χ1) is 13.0. The van der Waals surface area contributed by atoms with Gasteiger partial charge < -0.3 is 9.47 Å². The largest absolute Gasteiger partial charge is 0.450 e. The van der Waals surface area contributed by atoms with E-state index < -0.39 is 12.1 Å². The average molecular weight is 403 g/mol. The van der Waals surface area contributed by atoms with Crippen molar-refractivity contribution in [1.82, 2.24) is 4.98 Å². The molecule has 0 atom stereocenters. The monoisotopic (exact) mass is 402 g/mol. The van der Waals surface area contributed by atoms with Gasteiger partial charge in [-0.05, 0) is 31.2 Å². The number of rotatable bonds is 5. The number of ether oxygens (including phenoxy) is 2. The van der Waals surface area contributed by atoms with Gasteiger partial charge in [0, 0.05) is 27.7 Å². The number of benzene rings is 2. The molecule has 1 N–H and O–H groups in total. The maximum Gasteiger partial charge on any atom is 0.411 e. The molecule has 1 amide bonds. The van der Waals surface area contributed by atoms with E-state index in [1.165, 1.54) is 17.4 Å². The molecule has 3 rings (SSSR count). The van der Waals surface area contributed by atoms with Crippen molar-refractivity contribution in [3.05, 3.63) is 64.6 Å². The Morgan fingerprint density at radius 2 is 2.00 bits per heavy atom. The number of hydrogen-bond acceptors (Lipinski definition) is 6. The molecule has 138 valence electrons. The SMILES string of the molecule is CCOC(=O)Nc1cccc(OC(=O)c2csc(-c3cccc(Cl)c3)n2)c1. The molecule has 8 heteroatoms. The van der Waals surface area contributed by atoms with Gasteiger partial charge in [-0.2, -0.15) is 0 Å². The summed E-state index contributed by atoms with van der Waals surface area (Å²) in [5.41, 5.74) is 1.47. The van der Waals surface area contributed by atoms with Crippen LogP contribution in [0.4, 0.5) is 10.5 Å². The highest BCUT2D eigenvalue weighted by Gasteiger charge is 2.15. The van der Waals surface area contributed by atoms with Gasteiger partial charge in [0.2, 0.25) is 0 Å². The first-order valence-electron chi connectivity index (χ1n) is 8.02. The zero-order valence-electron chi connectivity index (χ0n) is 14.3. The maximum absolute atomic E-state index is 12.3. The molecule has 0 aliphatic rings. The van der Waals surface area contributed by atoms with Crippen molar-refractivity contribution in [2.24, 2.45) is 0 Å². The fraction of sp³-hybridized carbons (Fsp3) is 0.105. The van der Waals surface area contributed by atoms with E-state index in [1.807, 2.05) is 12.1 Å². The Morgan fingerprint density at radius 1 is 1.19 bits per heavy atom. The Bertz CT molecular complexity index is 974. The number of carbonyl (C=O) groups is 2. The molecule has 27 heavy (non-hydrogen) atoms. The maximum atomic E-state index is 12.3. The van der Waals surface area contributed by atoms with Gasteiger partial charge in [-0.15, -0.1) is 11.3 Å². The lowest BCUT2D eigenvalue weighted by Gasteiger charge is -2.07. The highest BCUT2D eigenvalue weighted by molar-refractivity contribution is 7.13. The summed E-state index contributed by atoms with van der Waals surface area (Å²) in [4.78, 5) is 28.1. The van der Waals surface area contributed by atoms with E-state index in [4.69, 9.17) is 21.1 Å². The van der Waals surface area contributed by atoms with E-state index in [-0.39, 0.29) is 18.1 Å².